The van der Waals surface area contributed by atoms with E-state index in [1.54, 1.807) is 41.3 Å². The van der Waals surface area contributed by atoms with Crippen LogP contribution in [0.15, 0.2) is 48.5 Å². The van der Waals surface area contributed by atoms with E-state index in [1.165, 1.54) is 0 Å². The highest BCUT2D eigenvalue weighted by atomic mass is 16.5. The second kappa shape index (κ2) is 12.5. The molecule has 0 saturated carbocycles. The second-order valence-corrected chi connectivity index (χ2v) is 6.53. The van der Waals surface area contributed by atoms with Crippen LogP contribution in [0.3, 0.4) is 0 Å². The summed E-state index contributed by atoms with van der Waals surface area (Å²) in [5.41, 5.74) is 2.07. The highest BCUT2D eigenvalue weighted by molar-refractivity contribution is 5.95. The van der Waals surface area contributed by atoms with Crippen LogP contribution < -0.4 is 15.4 Å². The van der Waals surface area contributed by atoms with E-state index in [1.807, 2.05) is 32.9 Å². The summed E-state index contributed by atoms with van der Waals surface area (Å²) in [5.74, 6) is 0.506. The quantitative estimate of drug-likeness (QED) is 0.520. The largest absolute Gasteiger partial charge is 0.491 e. The van der Waals surface area contributed by atoms with E-state index in [0.717, 1.165) is 5.69 Å². The van der Waals surface area contributed by atoms with Crippen molar-refractivity contribution in [3.63, 3.8) is 0 Å². The Morgan fingerprint density at radius 1 is 0.933 bits per heavy atom. The van der Waals surface area contributed by atoms with Crippen molar-refractivity contribution in [2.45, 2.75) is 20.8 Å². The number of carbonyl (C=O) groups excluding carboxylic acids is 2. The van der Waals surface area contributed by atoms with Crippen LogP contribution in [0.25, 0.3) is 0 Å². The molecule has 0 aromatic heterocycles. The summed E-state index contributed by atoms with van der Waals surface area (Å²) in [6.45, 7) is 8.94. The molecular weight excluding hydrogens is 382 g/mol. The third-order valence-electron chi connectivity index (χ3n) is 4.45. The van der Waals surface area contributed by atoms with Crippen molar-refractivity contribution in [1.82, 2.24) is 4.90 Å². The van der Waals surface area contributed by atoms with Crippen molar-refractivity contribution in [1.29, 1.82) is 0 Å². The van der Waals surface area contributed by atoms with Crippen LogP contribution in [0.5, 0.6) is 5.75 Å². The fourth-order valence-electron chi connectivity index (χ4n) is 2.84. The lowest BCUT2D eigenvalue weighted by Crippen LogP contribution is -2.30. The summed E-state index contributed by atoms with van der Waals surface area (Å²) in [7, 11) is 0. The summed E-state index contributed by atoms with van der Waals surface area (Å²) in [6.07, 6.45) is 0. The Labute approximate surface area is 178 Å². The zero-order valence-corrected chi connectivity index (χ0v) is 17.9. The number of nitrogens with zero attached hydrogens (tertiary/aromatic N) is 1. The molecule has 2 rings (SSSR count). The van der Waals surface area contributed by atoms with Gasteiger partial charge in [0.2, 0.25) is 5.91 Å². The molecule has 2 N–H and O–H groups in total. The number of rotatable bonds is 12. The Bertz CT molecular complexity index is 804. The van der Waals surface area contributed by atoms with Gasteiger partial charge in [-0.05, 0) is 57.2 Å². The molecule has 0 aliphatic carbocycles. The number of carbonyl (C=O) groups is 2. The number of benzene rings is 2. The Morgan fingerprint density at radius 2 is 1.67 bits per heavy atom. The molecule has 162 valence electrons. The van der Waals surface area contributed by atoms with Crippen molar-refractivity contribution in [2.75, 3.05) is 50.1 Å². The van der Waals surface area contributed by atoms with Gasteiger partial charge in [-0.15, -0.1) is 0 Å². The average molecular weight is 414 g/mol. The fraction of sp³-hybridized carbons (Fsp3) is 0.391. The van der Waals surface area contributed by atoms with Gasteiger partial charge in [0, 0.05) is 42.7 Å². The molecular formula is C23H31N3O4. The molecule has 0 unspecified atom stereocenters. The third kappa shape index (κ3) is 7.40. The lowest BCUT2D eigenvalue weighted by molar-refractivity contribution is -0.114. The van der Waals surface area contributed by atoms with Crippen LogP contribution in [-0.4, -0.2) is 56.2 Å². The molecule has 0 bridgehead atoms. The smallest absolute Gasteiger partial charge is 0.253 e. The first kappa shape index (κ1) is 23.2. The van der Waals surface area contributed by atoms with Crippen LogP contribution in [0.1, 0.15) is 31.1 Å². The van der Waals surface area contributed by atoms with Gasteiger partial charge in [0.15, 0.2) is 0 Å². The van der Waals surface area contributed by atoms with E-state index < -0.39 is 0 Å². The Kier molecular flexibility index (Phi) is 9.67. The standard InChI is InChI=1S/C23H31N3O4/c1-4-26(5-2)23(28)18-10-12-19(13-11-18)24-17-22(27)25-20-8-7-9-21(16-20)30-15-14-29-6-3/h7-13,16,24H,4-6,14-15,17H2,1-3H3,(H,25,27). The first-order valence-electron chi connectivity index (χ1n) is 10.3. The maximum Gasteiger partial charge on any atom is 0.253 e. The highest BCUT2D eigenvalue weighted by Crippen LogP contribution is 2.17. The number of hydrogen-bond acceptors (Lipinski definition) is 5. The maximum absolute atomic E-state index is 12.3. The molecule has 2 aromatic rings. The third-order valence-corrected chi connectivity index (χ3v) is 4.45. The summed E-state index contributed by atoms with van der Waals surface area (Å²) in [4.78, 5) is 26.3. The lowest BCUT2D eigenvalue weighted by atomic mass is 10.1. The second-order valence-electron chi connectivity index (χ2n) is 6.53. The SMILES string of the molecule is CCOCCOc1cccc(NC(=O)CNc2ccc(C(=O)N(CC)CC)cc2)c1. The van der Waals surface area contributed by atoms with Crippen LogP contribution in [0.2, 0.25) is 0 Å². The summed E-state index contributed by atoms with van der Waals surface area (Å²) >= 11 is 0. The Hall–Kier alpha value is -3.06. The minimum atomic E-state index is -0.176. The van der Waals surface area contributed by atoms with E-state index in [0.29, 0.717) is 49.9 Å². The molecule has 0 heterocycles. The van der Waals surface area contributed by atoms with Gasteiger partial charge in [-0.1, -0.05) is 6.07 Å². The van der Waals surface area contributed by atoms with Gasteiger partial charge < -0.3 is 25.0 Å². The number of anilines is 2. The predicted octanol–water partition coefficient (Wildman–Crippen LogP) is 3.63. The van der Waals surface area contributed by atoms with Crippen molar-refractivity contribution < 1.29 is 19.1 Å². The van der Waals surface area contributed by atoms with E-state index in [2.05, 4.69) is 10.6 Å². The number of ether oxygens (including phenoxy) is 2. The first-order chi connectivity index (χ1) is 14.6. The van der Waals surface area contributed by atoms with Crippen molar-refractivity contribution in [3.05, 3.63) is 54.1 Å². The molecule has 2 aromatic carbocycles. The Balaban J connectivity index is 1.82. The van der Waals surface area contributed by atoms with E-state index >= 15 is 0 Å². The summed E-state index contributed by atoms with van der Waals surface area (Å²) < 4.78 is 10.8. The molecule has 7 nitrogen and oxygen atoms in total. The summed E-state index contributed by atoms with van der Waals surface area (Å²) in [6, 6.07) is 14.4. The molecule has 0 fully saturated rings. The number of nitrogens with one attached hydrogen (secondary N) is 2. The maximum atomic E-state index is 12.3. The number of amides is 2. The predicted molar refractivity (Wildman–Crippen MR) is 119 cm³/mol. The lowest BCUT2D eigenvalue weighted by Gasteiger charge is -2.18. The summed E-state index contributed by atoms with van der Waals surface area (Å²) in [5, 5.41) is 5.91. The zero-order valence-electron chi connectivity index (χ0n) is 17.9. The molecule has 0 spiro atoms. The van der Waals surface area contributed by atoms with Gasteiger partial charge >= 0.3 is 0 Å². The minimum absolute atomic E-state index is 0.00708. The fourth-order valence-corrected chi connectivity index (χ4v) is 2.84. The van der Waals surface area contributed by atoms with Gasteiger partial charge in [-0.3, -0.25) is 9.59 Å². The van der Waals surface area contributed by atoms with Crippen molar-refractivity contribution >= 4 is 23.2 Å². The van der Waals surface area contributed by atoms with E-state index in [4.69, 9.17) is 9.47 Å². The topological polar surface area (TPSA) is 79.9 Å². The van der Waals surface area contributed by atoms with E-state index in [-0.39, 0.29) is 18.4 Å². The molecule has 2 amide bonds. The first-order valence-corrected chi connectivity index (χ1v) is 10.3. The van der Waals surface area contributed by atoms with Gasteiger partial charge in [0.05, 0.1) is 13.2 Å². The highest BCUT2D eigenvalue weighted by Gasteiger charge is 2.12. The van der Waals surface area contributed by atoms with Gasteiger partial charge in [0.1, 0.15) is 12.4 Å². The zero-order chi connectivity index (χ0) is 21.8. The molecule has 0 aliphatic heterocycles. The van der Waals surface area contributed by atoms with Crippen LogP contribution in [0.4, 0.5) is 11.4 Å². The molecule has 0 aliphatic rings. The molecule has 7 heteroatoms. The van der Waals surface area contributed by atoms with Gasteiger partial charge in [-0.25, -0.2) is 0 Å². The van der Waals surface area contributed by atoms with Crippen LogP contribution in [-0.2, 0) is 9.53 Å². The Morgan fingerprint density at radius 3 is 2.33 bits per heavy atom. The minimum Gasteiger partial charge on any atom is -0.491 e. The average Bonchev–Trinajstić information content (AvgIpc) is 2.77. The molecule has 0 saturated heterocycles. The molecule has 30 heavy (non-hydrogen) atoms. The van der Waals surface area contributed by atoms with Crippen molar-refractivity contribution in [3.8, 4) is 5.75 Å². The number of hydrogen-bond donors (Lipinski definition) is 2. The monoisotopic (exact) mass is 413 g/mol. The molecule has 0 radical (unpaired) electrons. The van der Waals surface area contributed by atoms with Crippen molar-refractivity contribution in [2.24, 2.45) is 0 Å². The van der Waals surface area contributed by atoms with E-state index in [9.17, 15) is 9.59 Å². The molecule has 0 atom stereocenters. The van der Waals surface area contributed by atoms with Gasteiger partial charge in [0.25, 0.3) is 5.91 Å². The van der Waals surface area contributed by atoms with Gasteiger partial charge in [-0.2, -0.15) is 0 Å². The van der Waals surface area contributed by atoms with Crippen LogP contribution in [0, 0.1) is 0 Å². The van der Waals surface area contributed by atoms with Crippen LogP contribution >= 0.6 is 0 Å². The normalized spacial score (nSPS) is 10.4.